The van der Waals surface area contributed by atoms with Crippen molar-refractivity contribution in [3.05, 3.63) is 45.4 Å². The predicted molar refractivity (Wildman–Crippen MR) is 75.4 cm³/mol. The summed E-state index contributed by atoms with van der Waals surface area (Å²) in [7, 11) is 0. The fourth-order valence-electron chi connectivity index (χ4n) is 1.73. The molecule has 0 aromatic carbocycles. The number of aromatic nitrogens is 1. The number of rotatable bonds is 2. The molecule has 0 saturated heterocycles. The summed E-state index contributed by atoms with van der Waals surface area (Å²) in [6, 6.07) is 0. The van der Waals surface area contributed by atoms with Crippen molar-refractivity contribution >= 4 is 23.2 Å². The van der Waals surface area contributed by atoms with Gasteiger partial charge in [-0.15, -0.1) is 0 Å². The van der Waals surface area contributed by atoms with Gasteiger partial charge in [0.05, 0.1) is 0 Å². The number of allylic oxidation sites excluding steroid dienone is 3. The first-order valence-corrected chi connectivity index (χ1v) is 6.63. The van der Waals surface area contributed by atoms with Crippen LogP contribution in [0.3, 0.4) is 0 Å². The van der Waals surface area contributed by atoms with Crippen molar-refractivity contribution < 1.29 is 4.74 Å². The molecule has 0 spiro atoms. The smallest absolute Gasteiger partial charge is 0.153 e. The van der Waals surface area contributed by atoms with Gasteiger partial charge in [0.25, 0.3) is 0 Å². The molecule has 2 rings (SSSR count). The summed E-state index contributed by atoms with van der Waals surface area (Å²) in [5.74, 6) is 1.95. The van der Waals surface area contributed by atoms with Crippen LogP contribution in [0.2, 0.25) is 10.2 Å². The van der Waals surface area contributed by atoms with Crippen molar-refractivity contribution in [3.63, 3.8) is 0 Å². The second kappa shape index (κ2) is 5.33. The first-order chi connectivity index (χ1) is 8.49. The third-order valence-corrected chi connectivity index (χ3v) is 3.75. The Morgan fingerprint density at radius 1 is 1.33 bits per heavy atom. The highest BCUT2D eigenvalue weighted by Gasteiger charge is 2.16. The van der Waals surface area contributed by atoms with E-state index in [-0.39, 0.29) is 5.15 Å². The van der Waals surface area contributed by atoms with Crippen molar-refractivity contribution in [3.8, 4) is 5.75 Å². The molecule has 1 aromatic rings. The Morgan fingerprint density at radius 3 is 2.67 bits per heavy atom. The zero-order chi connectivity index (χ0) is 13.3. The lowest BCUT2D eigenvalue weighted by Crippen LogP contribution is -2.03. The predicted octanol–water partition coefficient (Wildman–Crippen LogP) is 4.86. The van der Waals surface area contributed by atoms with Crippen molar-refractivity contribution in [1.82, 2.24) is 4.98 Å². The maximum atomic E-state index is 6.15. The molecule has 0 bridgehead atoms. The van der Waals surface area contributed by atoms with Crippen LogP contribution >= 0.6 is 23.2 Å². The molecule has 1 atom stereocenters. The third kappa shape index (κ3) is 2.70. The van der Waals surface area contributed by atoms with E-state index in [0.29, 0.717) is 16.7 Å². The molecular weight excluding hydrogens is 269 g/mol. The van der Waals surface area contributed by atoms with Crippen LogP contribution in [0, 0.1) is 19.8 Å². The highest BCUT2D eigenvalue weighted by molar-refractivity contribution is 6.42. The van der Waals surface area contributed by atoms with Crippen molar-refractivity contribution in [2.45, 2.75) is 27.2 Å². The third-order valence-electron chi connectivity index (χ3n) is 3.03. The summed E-state index contributed by atoms with van der Waals surface area (Å²) in [6.45, 7) is 5.97. The first kappa shape index (κ1) is 13.4. The van der Waals surface area contributed by atoms with E-state index in [4.69, 9.17) is 27.9 Å². The molecule has 96 valence electrons. The van der Waals surface area contributed by atoms with Gasteiger partial charge in [0.1, 0.15) is 10.8 Å². The largest absolute Gasteiger partial charge is 0.456 e. The Balaban J connectivity index is 2.33. The molecule has 0 aliphatic heterocycles. The van der Waals surface area contributed by atoms with Gasteiger partial charge >= 0.3 is 0 Å². The van der Waals surface area contributed by atoms with Gasteiger partial charge in [-0.2, -0.15) is 0 Å². The fraction of sp³-hybridized carbons (Fsp3) is 0.357. The second-order valence-electron chi connectivity index (χ2n) is 4.54. The number of halogens is 2. The van der Waals surface area contributed by atoms with Gasteiger partial charge in [0.2, 0.25) is 0 Å². The molecule has 1 heterocycles. The molecule has 1 aromatic heterocycles. The number of nitrogens with zero attached hydrogens (tertiary/aromatic N) is 1. The second-order valence-corrected chi connectivity index (χ2v) is 5.27. The zero-order valence-corrected chi connectivity index (χ0v) is 12.1. The van der Waals surface area contributed by atoms with E-state index >= 15 is 0 Å². The van der Waals surface area contributed by atoms with Gasteiger partial charge in [-0.1, -0.05) is 36.2 Å². The molecule has 0 fully saturated rings. The van der Waals surface area contributed by atoms with Crippen LogP contribution < -0.4 is 4.74 Å². The van der Waals surface area contributed by atoms with E-state index in [1.807, 2.05) is 19.9 Å². The van der Waals surface area contributed by atoms with Gasteiger partial charge < -0.3 is 4.74 Å². The van der Waals surface area contributed by atoms with Crippen LogP contribution in [0.15, 0.2) is 24.0 Å². The van der Waals surface area contributed by atoms with Crippen LogP contribution in [0.5, 0.6) is 5.75 Å². The van der Waals surface area contributed by atoms with Gasteiger partial charge in [0, 0.05) is 11.3 Å². The summed E-state index contributed by atoms with van der Waals surface area (Å²) in [4.78, 5) is 4.15. The molecule has 0 radical (unpaired) electrons. The average Bonchev–Trinajstić information content (AvgIpc) is 2.34. The van der Waals surface area contributed by atoms with E-state index in [9.17, 15) is 0 Å². The molecule has 1 aliphatic carbocycles. The number of hydrogen-bond acceptors (Lipinski definition) is 2. The van der Waals surface area contributed by atoms with Crippen LogP contribution in [-0.2, 0) is 0 Å². The Bertz CT molecular complexity index is 509. The quantitative estimate of drug-likeness (QED) is 0.723. The standard InChI is InChI=1S/C14H15Cl2NO/c1-8-4-6-11(7-5-8)18-13-9(2)10(3)17-14(16)12(13)15/h4,6-8H,5H2,1-3H3. The van der Waals surface area contributed by atoms with Crippen LogP contribution in [-0.4, -0.2) is 4.98 Å². The first-order valence-electron chi connectivity index (χ1n) is 5.87. The minimum atomic E-state index is 0.281. The normalized spacial score (nSPS) is 18.7. The van der Waals surface area contributed by atoms with Crippen LogP contribution in [0.1, 0.15) is 24.6 Å². The van der Waals surface area contributed by atoms with Gasteiger partial charge in [-0.3, -0.25) is 0 Å². The highest BCUT2D eigenvalue weighted by atomic mass is 35.5. The maximum absolute atomic E-state index is 6.15. The van der Waals surface area contributed by atoms with Gasteiger partial charge in [-0.05, 0) is 38.3 Å². The van der Waals surface area contributed by atoms with Crippen molar-refractivity contribution in [2.24, 2.45) is 5.92 Å². The molecule has 4 heteroatoms. The molecule has 0 N–H and O–H groups in total. The number of ether oxygens (including phenoxy) is 1. The summed E-state index contributed by atoms with van der Waals surface area (Å²) < 4.78 is 5.84. The van der Waals surface area contributed by atoms with E-state index in [2.05, 4.69) is 24.1 Å². The van der Waals surface area contributed by atoms with E-state index in [0.717, 1.165) is 23.4 Å². The molecule has 0 amide bonds. The summed E-state index contributed by atoms with van der Waals surface area (Å²) in [6.07, 6.45) is 7.12. The lowest BCUT2D eigenvalue weighted by molar-refractivity contribution is 0.431. The summed E-state index contributed by atoms with van der Waals surface area (Å²) >= 11 is 12.1. The fourth-order valence-corrected chi connectivity index (χ4v) is 2.16. The minimum Gasteiger partial charge on any atom is -0.456 e. The molecule has 1 unspecified atom stereocenters. The van der Waals surface area contributed by atoms with Crippen molar-refractivity contribution in [2.75, 3.05) is 0 Å². The van der Waals surface area contributed by atoms with E-state index in [1.165, 1.54) is 0 Å². The topological polar surface area (TPSA) is 22.1 Å². The molecular formula is C14H15Cl2NO. The Hall–Kier alpha value is -0.990. The monoisotopic (exact) mass is 283 g/mol. The molecule has 0 saturated carbocycles. The highest BCUT2D eigenvalue weighted by Crippen LogP contribution is 2.36. The lowest BCUT2D eigenvalue weighted by Gasteiger charge is -2.16. The van der Waals surface area contributed by atoms with Crippen molar-refractivity contribution in [1.29, 1.82) is 0 Å². The maximum Gasteiger partial charge on any atom is 0.153 e. The van der Waals surface area contributed by atoms with Crippen LogP contribution in [0.25, 0.3) is 0 Å². The van der Waals surface area contributed by atoms with Gasteiger partial charge in [-0.25, -0.2) is 4.98 Å². The SMILES string of the molecule is Cc1nc(Cl)c(Cl)c(OC2=CCC(C)C=C2)c1C. The number of hydrogen-bond donors (Lipinski definition) is 0. The van der Waals surface area contributed by atoms with Gasteiger partial charge in [0.15, 0.2) is 10.9 Å². The molecule has 18 heavy (non-hydrogen) atoms. The Morgan fingerprint density at radius 2 is 2.06 bits per heavy atom. The van der Waals surface area contributed by atoms with Crippen LogP contribution in [0.4, 0.5) is 0 Å². The Kier molecular flexibility index (Phi) is 3.98. The number of aryl methyl sites for hydroxylation is 1. The Labute approximate surface area is 117 Å². The zero-order valence-electron chi connectivity index (χ0n) is 10.6. The summed E-state index contributed by atoms with van der Waals surface area (Å²) in [5.41, 5.74) is 1.74. The van der Waals surface area contributed by atoms with E-state index < -0.39 is 0 Å². The summed E-state index contributed by atoms with van der Waals surface area (Å²) in [5, 5.41) is 0.649. The molecule has 1 aliphatic rings. The molecule has 2 nitrogen and oxygen atoms in total. The average molecular weight is 284 g/mol. The van der Waals surface area contributed by atoms with E-state index in [1.54, 1.807) is 0 Å². The minimum absolute atomic E-state index is 0.281. The number of pyridine rings is 1. The lowest BCUT2D eigenvalue weighted by atomic mass is 10.0.